The van der Waals surface area contributed by atoms with Gasteiger partial charge in [0.15, 0.2) is 11.5 Å². The van der Waals surface area contributed by atoms with Crippen LogP contribution < -0.4 is 5.43 Å². The summed E-state index contributed by atoms with van der Waals surface area (Å²) in [7, 11) is 0. The van der Waals surface area contributed by atoms with Crippen LogP contribution in [-0.4, -0.2) is 27.3 Å². The summed E-state index contributed by atoms with van der Waals surface area (Å²) in [6.45, 7) is 1.85. The van der Waals surface area contributed by atoms with Crippen molar-refractivity contribution in [2.75, 3.05) is 0 Å². The van der Waals surface area contributed by atoms with E-state index >= 15 is 0 Å². The molecule has 7 heteroatoms. The lowest BCUT2D eigenvalue weighted by Gasteiger charge is -1.94. The molecule has 0 fully saturated rings. The van der Waals surface area contributed by atoms with E-state index in [9.17, 15) is 4.79 Å². The van der Waals surface area contributed by atoms with Crippen molar-refractivity contribution in [3.63, 3.8) is 0 Å². The molecule has 3 N–H and O–H groups in total. The van der Waals surface area contributed by atoms with E-state index in [1.54, 1.807) is 12.3 Å². The van der Waals surface area contributed by atoms with Crippen molar-refractivity contribution in [2.45, 2.75) is 6.92 Å². The quantitative estimate of drug-likeness (QED) is 0.395. The van der Waals surface area contributed by atoms with Crippen LogP contribution in [0.1, 0.15) is 21.8 Å². The maximum absolute atomic E-state index is 12.1. The van der Waals surface area contributed by atoms with Gasteiger partial charge in [0.05, 0.1) is 6.21 Å². The highest BCUT2D eigenvalue weighted by atomic mass is 16.3. The maximum atomic E-state index is 12.1. The van der Waals surface area contributed by atoms with Crippen LogP contribution in [0.4, 0.5) is 0 Å². The number of carbonyl (C=O) groups is 1. The van der Waals surface area contributed by atoms with Gasteiger partial charge < -0.3 is 9.40 Å². The van der Waals surface area contributed by atoms with E-state index in [1.165, 1.54) is 0 Å². The minimum Gasteiger partial charge on any atom is -0.460 e. The number of rotatable bonds is 4. The summed E-state index contributed by atoms with van der Waals surface area (Å²) in [5.74, 6) is 1.02. The van der Waals surface area contributed by atoms with Gasteiger partial charge in [0.1, 0.15) is 11.5 Å². The molecular weight excluding hydrogens is 318 g/mol. The van der Waals surface area contributed by atoms with Gasteiger partial charge in [0, 0.05) is 28.7 Å². The summed E-state index contributed by atoms with van der Waals surface area (Å²) in [5.41, 5.74) is 5.26. The Morgan fingerprint density at radius 1 is 1.28 bits per heavy atom. The van der Waals surface area contributed by atoms with E-state index < -0.39 is 5.91 Å². The SMILES string of the molecule is Cc1ccc(-c2cc(C(=O)N/N=C/c3c[nH]c4ccccc34)n[nH]2)o1. The number of benzene rings is 1. The molecule has 0 aliphatic rings. The second-order valence-corrected chi connectivity index (χ2v) is 5.57. The summed E-state index contributed by atoms with van der Waals surface area (Å²) >= 11 is 0. The number of carbonyl (C=O) groups excluding carboxylic acids is 1. The average Bonchev–Trinajstić information content (AvgIpc) is 3.34. The van der Waals surface area contributed by atoms with Gasteiger partial charge in [-0.2, -0.15) is 10.2 Å². The molecule has 25 heavy (non-hydrogen) atoms. The number of amides is 1. The number of nitrogens with zero attached hydrogens (tertiary/aromatic N) is 2. The fourth-order valence-electron chi connectivity index (χ4n) is 2.56. The zero-order valence-electron chi connectivity index (χ0n) is 13.4. The van der Waals surface area contributed by atoms with Crippen molar-refractivity contribution < 1.29 is 9.21 Å². The molecule has 3 aromatic heterocycles. The lowest BCUT2D eigenvalue weighted by molar-refractivity contribution is 0.0950. The summed E-state index contributed by atoms with van der Waals surface area (Å²) in [4.78, 5) is 15.3. The molecule has 0 radical (unpaired) electrons. The largest absolute Gasteiger partial charge is 0.460 e. The van der Waals surface area contributed by atoms with Crippen molar-refractivity contribution in [2.24, 2.45) is 5.10 Å². The first-order valence-corrected chi connectivity index (χ1v) is 7.72. The maximum Gasteiger partial charge on any atom is 0.291 e. The standard InChI is InChI=1S/C18H15N5O2/c1-11-6-7-17(25-11)15-8-16(22-21-15)18(24)23-20-10-12-9-19-14-5-3-2-4-13(12)14/h2-10,19H,1H3,(H,21,22)(H,23,24)/b20-10+. The fourth-order valence-corrected chi connectivity index (χ4v) is 2.56. The summed E-state index contributed by atoms with van der Waals surface area (Å²) in [5, 5.41) is 11.8. The molecule has 7 nitrogen and oxygen atoms in total. The molecule has 0 atom stereocenters. The number of hydrazone groups is 1. The number of aromatic nitrogens is 3. The van der Waals surface area contributed by atoms with Crippen LogP contribution in [0.15, 0.2) is 58.2 Å². The van der Waals surface area contributed by atoms with Crippen LogP contribution in [0.3, 0.4) is 0 Å². The van der Waals surface area contributed by atoms with E-state index in [0.717, 1.165) is 22.2 Å². The van der Waals surface area contributed by atoms with Gasteiger partial charge in [-0.1, -0.05) is 18.2 Å². The topological polar surface area (TPSA) is 99.1 Å². The highest BCUT2D eigenvalue weighted by Crippen LogP contribution is 2.20. The number of hydrogen-bond donors (Lipinski definition) is 3. The predicted octanol–water partition coefficient (Wildman–Crippen LogP) is 3.22. The predicted molar refractivity (Wildman–Crippen MR) is 94.4 cm³/mol. The summed E-state index contributed by atoms with van der Waals surface area (Å²) < 4.78 is 5.50. The first-order valence-electron chi connectivity index (χ1n) is 7.72. The Kier molecular flexibility index (Phi) is 3.66. The zero-order chi connectivity index (χ0) is 17.2. The number of para-hydroxylation sites is 1. The third kappa shape index (κ3) is 2.94. The number of nitrogens with one attached hydrogen (secondary N) is 3. The van der Waals surface area contributed by atoms with Crippen molar-refractivity contribution in [1.82, 2.24) is 20.6 Å². The number of hydrogen-bond acceptors (Lipinski definition) is 4. The third-order valence-corrected chi connectivity index (χ3v) is 3.81. The molecule has 3 heterocycles. The molecule has 0 saturated heterocycles. The van der Waals surface area contributed by atoms with Crippen LogP contribution >= 0.6 is 0 Å². The van der Waals surface area contributed by atoms with Crippen LogP contribution in [0, 0.1) is 6.92 Å². The van der Waals surface area contributed by atoms with Crippen LogP contribution in [-0.2, 0) is 0 Å². The van der Waals surface area contributed by atoms with Gasteiger partial charge in [-0.3, -0.25) is 9.89 Å². The molecule has 4 rings (SSSR count). The van der Waals surface area contributed by atoms with E-state index in [4.69, 9.17) is 4.42 Å². The molecule has 0 unspecified atom stereocenters. The van der Waals surface area contributed by atoms with Gasteiger partial charge in [0.2, 0.25) is 0 Å². The van der Waals surface area contributed by atoms with E-state index in [1.807, 2.05) is 49.5 Å². The second kappa shape index (κ2) is 6.12. The van der Waals surface area contributed by atoms with E-state index in [2.05, 4.69) is 25.7 Å². The van der Waals surface area contributed by atoms with E-state index in [-0.39, 0.29) is 5.69 Å². The molecule has 0 spiro atoms. The van der Waals surface area contributed by atoms with Crippen LogP contribution in [0.5, 0.6) is 0 Å². The monoisotopic (exact) mass is 333 g/mol. The van der Waals surface area contributed by atoms with Gasteiger partial charge in [-0.15, -0.1) is 0 Å². The minimum absolute atomic E-state index is 0.236. The average molecular weight is 333 g/mol. The van der Waals surface area contributed by atoms with Crippen LogP contribution in [0.25, 0.3) is 22.4 Å². The van der Waals surface area contributed by atoms with Crippen molar-refractivity contribution >= 4 is 23.0 Å². The van der Waals surface area contributed by atoms with Gasteiger partial charge in [-0.05, 0) is 25.1 Å². The molecule has 0 bridgehead atoms. The molecular formula is C18H15N5O2. The van der Waals surface area contributed by atoms with Crippen molar-refractivity contribution in [3.8, 4) is 11.5 Å². The third-order valence-electron chi connectivity index (χ3n) is 3.81. The van der Waals surface area contributed by atoms with E-state index in [0.29, 0.717) is 11.5 Å². The molecule has 1 aromatic carbocycles. The van der Waals surface area contributed by atoms with Gasteiger partial charge in [-0.25, -0.2) is 5.43 Å². The highest BCUT2D eigenvalue weighted by Gasteiger charge is 2.12. The van der Waals surface area contributed by atoms with Crippen molar-refractivity contribution in [1.29, 1.82) is 0 Å². The minimum atomic E-state index is -0.401. The Morgan fingerprint density at radius 3 is 3.00 bits per heavy atom. The summed E-state index contributed by atoms with van der Waals surface area (Å²) in [6, 6.07) is 13.2. The first-order chi connectivity index (χ1) is 12.2. The Balaban J connectivity index is 1.46. The highest BCUT2D eigenvalue weighted by molar-refractivity contribution is 6.00. The van der Waals surface area contributed by atoms with Gasteiger partial charge >= 0.3 is 0 Å². The fraction of sp³-hybridized carbons (Fsp3) is 0.0556. The normalized spacial score (nSPS) is 11.4. The van der Waals surface area contributed by atoms with Crippen LogP contribution in [0.2, 0.25) is 0 Å². The Bertz CT molecular complexity index is 1070. The molecule has 0 aliphatic carbocycles. The number of aromatic amines is 2. The Morgan fingerprint density at radius 2 is 2.16 bits per heavy atom. The smallest absolute Gasteiger partial charge is 0.291 e. The molecule has 124 valence electrons. The lowest BCUT2D eigenvalue weighted by atomic mass is 10.2. The first kappa shape index (κ1) is 14.9. The number of aryl methyl sites for hydroxylation is 1. The van der Waals surface area contributed by atoms with Gasteiger partial charge in [0.25, 0.3) is 5.91 Å². The molecule has 0 saturated carbocycles. The molecule has 1 amide bonds. The molecule has 4 aromatic rings. The molecule has 0 aliphatic heterocycles. The number of furan rings is 1. The van der Waals surface area contributed by atoms with Crippen molar-refractivity contribution in [3.05, 3.63) is 65.7 Å². The second-order valence-electron chi connectivity index (χ2n) is 5.57. The lowest BCUT2D eigenvalue weighted by Crippen LogP contribution is -2.17. The number of H-pyrrole nitrogens is 2. The zero-order valence-corrected chi connectivity index (χ0v) is 13.4. The summed E-state index contributed by atoms with van der Waals surface area (Å²) in [6.07, 6.45) is 3.44. The Labute approximate surface area is 142 Å². The Hall–Kier alpha value is -3.61. The number of fused-ring (bicyclic) bond motifs is 1.